The van der Waals surface area contributed by atoms with E-state index in [9.17, 15) is 4.79 Å². The minimum atomic E-state index is -0.241. The fraction of sp³-hybridized carbons (Fsp3) is 0.0714. The summed E-state index contributed by atoms with van der Waals surface area (Å²) in [6.45, 7) is 0. The second-order valence-electron chi connectivity index (χ2n) is 4.31. The minimum Gasteiger partial charge on any atom is -0.410 e. The van der Waals surface area contributed by atoms with Crippen molar-refractivity contribution in [1.82, 2.24) is 10.2 Å². The molecule has 0 radical (unpaired) electrons. The first kappa shape index (κ1) is 16.3. The van der Waals surface area contributed by atoms with Gasteiger partial charge in [0.15, 0.2) is 0 Å². The number of nitrogens with zero attached hydrogens (tertiary/aromatic N) is 2. The van der Waals surface area contributed by atoms with Crippen LogP contribution in [0.4, 0.5) is 5.69 Å². The van der Waals surface area contributed by atoms with Crippen molar-refractivity contribution in [1.29, 1.82) is 0 Å². The van der Waals surface area contributed by atoms with Crippen molar-refractivity contribution in [2.45, 2.75) is 5.22 Å². The number of aromatic nitrogens is 2. The van der Waals surface area contributed by atoms with Crippen LogP contribution in [0.3, 0.4) is 0 Å². The van der Waals surface area contributed by atoms with Crippen LogP contribution in [0.1, 0.15) is 0 Å². The Morgan fingerprint density at radius 3 is 2.96 bits per heavy atom. The minimum absolute atomic E-state index is 0.120. The van der Waals surface area contributed by atoms with E-state index in [1.807, 2.05) is 17.5 Å². The monoisotopic (exact) mass is 385 g/mol. The summed E-state index contributed by atoms with van der Waals surface area (Å²) in [4.78, 5) is 12.9. The van der Waals surface area contributed by atoms with Gasteiger partial charge in [-0.3, -0.25) is 4.79 Å². The van der Waals surface area contributed by atoms with Crippen LogP contribution in [0, 0.1) is 0 Å². The molecule has 0 atom stereocenters. The Balaban J connectivity index is 1.58. The summed E-state index contributed by atoms with van der Waals surface area (Å²) in [5.74, 6) is 0.324. The number of anilines is 1. The SMILES string of the molecule is O=C(CSc1nnc(-c2cccs2)o1)Nc1cc(Cl)ccc1Cl. The number of carbonyl (C=O) groups excluding carboxylic acids is 1. The molecule has 0 unspecified atom stereocenters. The number of hydrogen-bond donors (Lipinski definition) is 1. The van der Waals surface area contributed by atoms with Crippen LogP contribution in [-0.4, -0.2) is 21.9 Å². The van der Waals surface area contributed by atoms with Crippen molar-refractivity contribution in [3.05, 3.63) is 45.8 Å². The Bertz CT molecular complexity index is 821. The smallest absolute Gasteiger partial charge is 0.277 e. The van der Waals surface area contributed by atoms with Crippen LogP contribution in [0.25, 0.3) is 10.8 Å². The van der Waals surface area contributed by atoms with Crippen LogP contribution in [-0.2, 0) is 4.79 Å². The zero-order valence-corrected chi connectivity index (χ0v) is 14.6. The maximum absolute atomic E-state index is 12.0. The number of amides is 1. The molecule has 1 aromatic carbocycles. The molecule has 0 saturated carbocycles. The quantitative estimate of drug-likeness (QED) is 0.636. The number of thiophene rings is 1. The van der Waals surface area contributed by atoms with Gasteiger partial charge in [0.2, 0.25) is 5.91 Å². The third kappa shape index (κ3) is 4.26. The molecule has 5 nitrogen and oxygen atoms in total. The van der Waals surface area contributed by atoms with E-state index in [4.69, 9.17) is 27.6 Å². The molecular weight excluding hydrogens is 377 g/mol. The summed E-state index contributed by atoms with van der Waals surface area (Å²) in [5, 5.41) is 13.7. The molecule has 1 amide bonds. The van der Waals surface area contributed by atoms with Crippen molar-refractivity contribution in [2.24, 2.45) is 0 Å². The second kappa shape index (κ2) is 7.35. The third-order valence-electron chi connectivity index (χ3n) is 2.67. The van der Waals surface area contributed by atoms with Crippen molar-refractivity contribution >= 4 is 57.9 Å². The summed E-state index contributed by atoms with van der Waals surface area (Å²) in [5.41, 5.74) is 0.467. The zero-order valence-electron chi connectivity index (χ0n) is 11.5. The van der Waals surface area contributed by atoms with Gasteiger partial charge in [-0.2, -0.15) is 0 Å². The number of carbonyl (C=O) groups is 1. The lowest BCUT2D eigenvalue weighted by atomic mass is 10.3. The molecule has 23 heavy (non-hydrogen) atoms. The van der Waals surface area contributed by atoms with E-state index in [0.717, 1.165) is 16.6 Å². The lowest BCUT2D eigenvalue weighted by molar-refractivity contribution is -0.113. The normalized spacial score (nSPS) is 10.7. The highest BCUT2D eigenvalue weighted by molar-refractivity contribution is 7.99. The van der Waals surface area contributed by atoms with Crippen molar-refractivity contribution in [2.75, 3.05) is 11.1 Å². The van der Waals surface area contributed by atoms with E-state index in [2.05, 4.69) is 15.5 Å². The highest BCUT2D eigenvalue weighted by atomic mass is 35.5. The first-order valence-electron chi connectivity index (χ1n) is 6.37. The number of nitrogens with one attached hydrogen (secondary N) is 1. The number of thioether (sulfide) groups is 1. The van der Waals surface area contributed by atoms with Gasteiger partial charge in [-0.1, -0.05) is 41.0 Å². The second-order valence-corrected chi connectivity index (χ2v) is 7.03. The van der Waals surface area contributed by atoms with Crippen molar-refractivity contribution in [3.63, 3.8) is 0 Å². The number of halogens is 2. The standard InChI is InChI=1S/C14H9Cl2N3O2S2/c15-8-3-4-9(16)10(6-8)17-12(20)7-23-14-19-18-13(21-14)11-2-1-5-22-11/h1-6H,7H2,(H,17,20). The Labute approximate surface area is 150 Å². The molecule has 0 aliphatic carbocycles. The van der Waals surface area contributed by atoms with Gasteiger partial charge in [-0.25, -0.2) is 0 Å². The van der Waals surface area contributed by atoms with E-state index in [0.29, 0.717) is 26.8 Å². The molecule has 0 bridgehead atoms. The highest BCUT2D eigenvalue weighted by Gasteiger charge is 2.12. The third-order valence-corrected chi connectivity index (χ3v) is 4.91. The predicted octanol–water partition coefficient (Wildman–Crippen LogP) is 4.84. The summed E-state index contributed by atoms with van der Waals surface area (Å²) >= 11 is 14.5. The van der Waals surface area contributed by atoms with Gasteiger partial charge in [0.1, 0.15) is 0 Å². The van der Waals surface area contributed by atoms with Gasteiger partial charge in [0.05, 0.1) is 21.3 Å². The van der Waals surface area contributed by atoms with E-state index in [1.54, 1.807) is 18.2 Å². The summed E-state index contributed by atoms with van der Waals surface area (Å²) in [6, 6.07) is 8.66. The van der Waals surface area contributed by atoms with E-state index >= 15 is 0 Å². The fourth-order valence-corrected chi connectivity index (χ4v) is 3.22. The first-order chi connectivity index (χ1) is 11.1. The number of benzene rings is 1. The molecule has 2 heterocycles. The molecule has 9 heteroatoms. The molecule has 3 aromatic rings. The van der Waals surface area contributed by atoms with Gasteiger partial charge in [-0.05, 0) is 29.6 Å². The van der Waals surface area contributed by atoms with Crippen molar-refractivity contribution in [3.8, 4) is 10.8 Å². The molecule has 0 aliphatic rings. The summed E-state index contributed by atoms with van der Waals surface area (Å²) < 4.78 is 5.50. The number of rotatable bonds is 5. The van der Waals surface area contributed by atoms with Gasteiger partial charge in [-0.15, -0.1) is 21.5 Å². The van der Waals surface area contributed by atoms with Gasteiger partial charge in [0.25, 0.3) is 11.1 Å². The maximum Gasteiger partial charge on any atom is 0.277 e. The van der Waals surface area contributed by atoms with Gasteiger partial charge < -0.3 is 9.73 Å². The largest absolute Gasteiger partial charge is 0.410 e. The van der Waals surface area contributed by atoms with E-state index < -0.39 is 0 Å². The van der Waals surface area contributed by atoms with Crippen LogP contribution < -0.4 is 5.32 Å². The Kier molecular flexibility index (Phi) is 5.22. The summed E-state index contributed by atoms with van der Waals surface area (Å²) in [7, 11) is 0. The van der Waals surface area contributed by atoms with Crippen molar-refractivity contribution < 1.29 is 9.21 Å². The average Bonchev–Trinajstić information content (AvgIpc) is 3.19. The molecular formula is C14H9Cl2N3O2S2. The molecule has 2 aromatic heterocycles. The molecule has 3 rings (SSSR count). The number of hydrogen-bond acceptors (Lipinski definition) is 6. The molecule has 1 N–H and O–H groups in total. The van der Waals surface area contributed by atoms with E-state index in [1.165, 1.54) is 11.3 Å². The topological polar surface area (TPSA) is 68.0 Å². The van der Waals surface area contributed by atoms with Gasteiger partial charge >= 0.3 is 0 Å². The molecule has 0 saturated heterocycles. The first-order valence-corrected chi connectivity index (χ1v) is 8.99. The average molecular weight is 386 g/mol. The molecule has 0 spiro atoms. The van der Waals surface area contributed by atoms with Crippen LogP contribution >= 0.6 is 46.3 Å². The molecule has 0 fully saturated rings. The predicted molar refractivity (Wildman–Crippen MR) is 93.4 cm³/mol. The summed E-state index contributed by atoms with van der Waals surface area (Å²) in [6.07, 6.45) is 0. The maximum atomic E-state index is 12.0. The zero-order chi connectivity index (χ0) is 16.2. The Morgan fingerprint density at radius 2 is 2.17 bits per heavy atom. The van der Waals surface area contributed by atoms with Crippen LogP contribution in [0.15, 0.2) is 45.4 Å². The molecule has 0 aliphatic heterocycles. The lowest BCUT2D eigenvalue weighted by Crippen LogP contribution is -2.14. The highest BCUT2D eigenvalue weighted by Crippen LogP contribution is 2.28. The van der Waals surface area contributed by atoms with Gasteiger partial charge in [0, 0.05) is 5.02 Å². The Hall–Kier alpha value is -1.54. The molecule has 118 valence electrons. The Morgan fingerprint density at radius 1 is 1.30 bits per heavy atom. The fourth-order valence-electron chi connectivity index (χ4n) is 1.67. The lowest BCUT2D eigenvalue weighted by Gasteiger charge is -2.06. The van der Waals surface area contributed by atoms with E-state index in [-0.39, 0.29) is 11.7 Å². The van der Waals surface area contributed by atoms with Crippen LogP contribution in [0.2, 0.25) is 10.0 Å². The van der Waals surface area contributed by atoms with Crippen LogP contribution in [0.5, 0.6) is 0 Å².